The topological polar surface area (TPSA) is 29.3 Å². The summed E-state index contributed by atoms with van der Waals surface area (Å²) >= 11 is 0. The van der Waals surface area contributed by atoms with E-state index in [1.54, 1.807) is 38.9 Å². The van der Waals surface area contributed by atoms with Gasteiger partial charge in [0.25, 0.3) is 0 Å². The summed E-state index contributed by atoms with van der Waals surface area (Å²) in [6.45, 7) is 3.44. The van der Waals surface area contributed by atoms with Crippen LogP contribution >= 0.6 is 0 Å². The van der Waals surface area contributed by atoms with Gasteiger partial charge in [0.2, 0.25) is 0 Å². The lowest BCUT2D eigenvalue weighted by Gasteiger charge is -2.23. The molecule has 5 heteroatoms. The first-order valence-corrected chi connectivity index (χ1v) is 5.67. The van der Waals surface area contributed by atoms with Gasteiger partial charge < -0.3 is 10.6 Å². The number of halogens is 3. The number of alkyl halides is 3. The predicted octanol–water partition coefficient (Wildman–Crippen LogP) is 3.05. The van der Waals surface area contributed by atoms with Gasteiger partial charge in [0.15, 0.2) is 0 Å². The Labute approximate surface area is 106 Å². The molecule has 0 aliphatic heterocycles. The predicted molar refractivity (Wildman–Crippen MR) is 67.7 cm³/mol. The summed E-state index contributed by atoms with van der Waals surface area (Å²) in [6, 6.07) is 4.14. The minimum atomic E-state index is -4.34. The molecule has 0 heterocycles. The Balaban J connectivity index is 3.27. The molecule has 18 heavy (non-hydrogen) atoms. The van der Waals surface area contributed by atoms with Gasteiger partial charge in [0.1, 0.15) is 0 Å². The first-order valence-electron chi connectivity index (χ1n) is 5.67. The van der Waals surface area contributed by atoms with Crippen molar-refractivity contribution in [2.24, 2.45) is 5.73 Å². The van der Waals surface area contributed by atoms with Crippen molar-refractivity contribution in [1.29, 1.82) is 0 Å². The molecule has 0 saturated carbocycles. The molecule has 1 aromatic carbocycles. The Bertz CT molecular complexity index is 417. The van der Waals surface area contributed by atoms with Crippen LogP contribution in [0.15, 0.2) is 18.2 Å². The lowest BCUT2D eigenvalue weighted by Crippen LogP contribution is -2.35. The van der Waals surface area contributed by atoms with E-state index in [-0.39, 0.29) is 12.0 Å². The van der Waals surface area contributed by atoms with E-state index in [9.17, 15) is 13.2 Å². The highest BCUT2D eigenvalue weighted by Crippen LogP contribution is 2.35. The molecule has 102 valence electrons. The van der Waals surface area contributed by atoms with E-state index < -0.39 is 17.3 Å². The second-order valence-corrected chi connectivity index (χ2v) is 5.40. The molecular weight excluding hydrogens is 241 g/mol. The lowest BCUT2D eigenvalue weighted by atomic mass is 9.92. The number of hydrogen-bond acceptors (Lipinski definition) is 2. The molecule has 1 rings (SSSR count). The summed E-state index contributed by atoms with van der Waals surface area (Å²) in [7, 11) is 3.58. The van der Waals surface area contributed by atoms with Crippen LogP contribution < -0.4 is 10.6 Å². The van der Waals surface area contributed by atoms with Crippen molar-refractivity contribution >= 4 is 5.69 Å². The summed E-state index contributed by atoms with van der Waals surface area (Å²) in [5, 5.41) is 0. The Morgan fingerprint density at radius 2 is 1.72 bits per heavy atom. The largest absolute Gasteiger partial charge is 0.416 e. The van der Waals surface area contributed by atoms with Gasteiger partial charge in [-0.3, -0.25) is 0 Å². The number of nitrogens with zero attached hydrogens (tertiary/aromatic N) is 1. The van der Waals surface area contributed by atoms with Gasteiger partial charge in [-0.05, 0) is 44.0 Å². The summed E-state index contributed by atoms with van der Waals surface area (Å²) in [4.78, 5) is 1.77. The van der Waals surface area contributed by atoms with Crippen LogP contribution in [-0.4, -0.2) is 19.6 Å². The highest BCUT2D eigenvalue weighted by Gasteiger charge is 2.34. The van der Waals surface area contributed by atoms with E-state index in [4.69, 9.17) is 5.73 Å². The average molecular weight is 260 g/mol. The molecule has 2 nitrogen and oxygen atoms in total. The Kier molecular flexibility index (Phi) is 3.96. The average Bonchev–Trinajstić information content (AvgIpc) is 2.12. The molecule has 0 aromatic heterocycles. The highest BCUT2D eigenvalue weighted by molar-refractivity contribution is 5.51. The standard InChI is InChI=1S/C13H19F3N2/c1-12(2,17)8-9-7-10(18(3)4)5-6-11(9)13(14,15)16/h5-7H,8,17H2,1-4H3. The first kappa shape index (κ1) is 14.8. The molecule has 0 unspecified atom stereocenters. The van der Waals surface area contributed by atoms with Gasteiger partial charge in [0.05, 0.1) is 5.56 Å². The van der Waals surface area contributed by atoms with E-state index in [2.05, 4.69) is 0 Å². The zero-order valence-corrected chi connectivity index (χ0v) is 11.1. The van der Waals surface area contributed by atoms with Crippen LogP contribution in [-0.2, 0) is 12.6 Å². The first-order chi connectivity index (χ1) is 8.00. The van der Waals surface area contributed by atoms with Crippen molar-refractivity contribution in [3.8, 4) is 0 Å². The molecule has 0 spiro atoms. The lowest BCUT2D eigenvalue weighted by molar-refractivity contribution is -0.138. The Morgan fingerprint density at radius 3 is 2.11 bits per heavy atom. The maximum absolute atomic E-state index is 12.9. The van der Waals surface area contributed by atoms with Gasteiger partial charge in [0, 0.05) is 25.3 Å². The number of anilines is 1. The summed E-state index contributed by atoms with van der Waals surface area (Å²) in [5.41, 5.74) is 5.52. The maximum Gasteiger partial charge on any atom is 0.416 e. The minimum Gasteiger partial charge on any atom is -0.378 e. The molecule has 0 radical (unpaired) electrons. The third-order valence-electron chi connectivity index (χ3n) is 2.56. The molecule has 0 aliphatic rings. The van der Waals surface area contributed by atoms with E-state index in [0.717, 1.165) is 11.8 Å². The van der Waals surface area contributed by atoms with Crippen molar-refractivity contribution in [2.45, 2.75) is 32.0 Å². The Hall–Kier alpha value is -1.23. The van der Waals surface area contributed by atoms with E-state index in [1.165, 1.54) is 6.07 Å². The second kappa shape index (κ2) is 4.80. The van der Waals surface area contributed by atoms with Crippen molar-refractivity contribution < 1.29 is 13.2 Å². The van der Waals surface area contributed by atoms with Gasteiger partial charge in [-0.25, -0.2) is 0 Å². The molecule has 0 atom stereocenters. The summed E-state index contributed by atoms with van der Waals surface area (Å²) in [5.74, 6) is 0. The zero-order valence-electron chi connectivity index (χ0n) is 11.1. The third kappa shape index (κ3) is 3.91. The van der Waals surface area contributed by atoms with E-state index in [0.29, 0.717) is 0 Å². The van der Waals surface area contributed by atoms with Crippen LogP contribution in [0.25, 0.3) is 0 Å². The van der Waals surface area contributed by atoms with Gasteiger partial charge in [-0.2, -0.15) is 13.2 Å². The quantitative estimate of drug-likeness (QED) is 0.905. The highest BCUT2D eigenvalue weighted by atomic mass is 19.4. The SMILES string of the molecule is CN(C)c1ccc(C(F)(F)F)c(CC(C)(C)N)c1. The molecule has 0 saturated heterocycles. The fraction of sp³-hybridized carbons (Fsp3) is 0.538. The number of rotatable bonds is 3. The van der Waals surface area contributed by atoms with E-state index >= 15 is 0 Å². The van der Waals surface area contributed by atoms with Crippen LogP contribution in [0.5, 0.6) is 0 Å². The van der Waals surface area contributed by atoms with Gasteiger partial charge >= 0.3 is 6.18 Å². The summed E-state index contributed by atoms with van der Waals surface area (Å²) in [6.07, 6.45) is -4.16. The maximum atomic E-state index is 12.9. The molecular formula is C13H19F3N2. The number of nitrogens with two attached hydrogens (primary N) is 1. The molecule has 0 fully saturated rings. The van der Waals surface area contributed by atoms with Crippen LogP contribution in [0, 0.1) is 0 Å². The molecule has 0 aliphatic carbocycles. The molecule has 1 aromatic rings. The van der Waals surface area contributed by atoms with Crippen molar-refractivity contribution in [3.05, 3.63) is 29.3 Å². The minimum absolute atomic E-state index is 0.184. The second-order valence-electron chi connectivity index (χ2n) is 5.40. The van der Waals surface area contributed by atoms with Crippen molar-refractivity contribution in [1.82, 2.24) is 0 Å². The monoisotopic (exact) mass is 260 g/mol. The van der Waals surface area contributed by atoms with Crippen molar-refractivity contribution in [3.63, 3.8) is 0 Å². The fourth-order valence-corrected chi connectivity index (χ4v) is 1.77. The Morgan fingerprint density at radius 1 is 1.17 bits per heavy atom. The van der Waals surface area contributed by atoms with Crippen LogP contribution in [0.3, 0.4) is 0 Å². The van der Waals surface area contributed by atoms with E-state index in [1.807, 2.05) is 0 Å². The molecule has 2 N–H and O–H groups in total. The zero-order chi connectivity index (χ0) is 14.1. The van der Waals surface area contributed by atoms with Crippen LogP contribution in [0.1, 0.15) is 25.0 Å². The number of hydrogen-bond donors (Lipinski definition) is 1. The third-order valence-corrected chi connectivity index (χ3v) is 2.56. The fourth-order valence-electron chi connectivity index (χ4n) is 1.77. The van der Waals surface area contributed by atoms with Gasteiger partial charge in [-0.1, -0.05) is 0 Å². The normalized spacial score (nSPS) is 12.7. The number of benzene rings is 1. The summed E-state index contributed by atoms with van der Waals surface area (Å²) < 4.78 is 38.7. The molecule has 0 bridgehead atoms. The smallest absolute Gasteiger partial charge is 0.378 e. The van der Waals surface area contributed by atoms with Crippen molar-refractivity contribution in [2.75, 3.05) is 19.0 Å². The van der Waals surface area contributed by atoms with Crippen LogP contribution in [0.4, 0.5) is 18.9 Å². The van der Waals surface area contributed by atoms with Crippen LogP contribution in [0.2, 0.25) is 0 Å². The van der Waals surface area contributed by atoms with Gasteiger partial charge in [-0.15, -0.1) is 0 Å². The molecule has 0 amide bonds.